The fourth-order valence-electron chi connectivity index (χ4n) is 2.40. The number of para-hydroxylation sites is 1. The number of sulfone groups is 1. The highest BCUT2D eigenvalue weighted by Gasteiger charge is 2.31. The lowest BCUT2D eigenvalue weighted by molar-refractivity contribution is -0.133. The van der Waals surface area contributed by atoms with Crippen LogP contribution in [0.1, 0.15) is 13.8 Å². The Bertz CT molecular complexity index is 839. The lowest BCUT2D eigenvalue weighted by Crippen LogP contribution is -2.20. The Hall–Kier alpha value is -2.15. The molecule has 0 aromatic heterocycles. The Morgan fingerprint density at radius 1 is 1.04 bits per heavy atom. The van der Waals surface area contributed by atoms with Crippen LogP contribution in [0.4, 0.5) is 0 Å². The van der Waals surface area contributed by atoms with Crippen molar-refractivity contribution in [1.82, 2.24) is 0 Å². The summed E-state index contributed by atoms with van der Waals surface area (Å²) in [4.78, 5) is 0.197. The van der Waals surface area contributed by atoms with Gasteiger partial charge in [0.1, 0.15) is 17.6 Å². The van der Waals surface area contributed by atoms with Gasteiger partial charge in [0.15, 0.2) is 15.6 Å². The van der Waals surface area contributed by atoms with Crippen LogP contribution in [0.15, 0.2) is 71.0 Å². The number of rotatable bonds is 5. The average Bonchev–Trinajstić information content (AvgIpc) is 2.94. The Labute approximate surface area is 147 Å². The van der Waals surface area contributed by atoms with Crippen LogP contribution in [0.3, 0.4) is 0 Å². The van der Waals surface area contributed by atoms with Crippen LogP contribution in [0.2, 0.25) is 0 Å². The zero-order chi connectivity index (χ0) is 17.9. The molecular weight excluding hydrogens is 340 g/mol. The van der Waals surface area contributed by atoms with E-state index < -0.39 is 15.6 Å². The number of hydrogen-bond acceptors (Lipinski definition) is 5. The topological polar surface area (TPSA) is 61.8 Å². The summed E-state index contributed by atoms with van der Waals surface area (Å²) in [6.07, 6.45) is 1.14. The van der Waals surface area contributed by atoms with Gasteiger partial charge >= 0.3 is 0 Å². The third-order valence-electron chi connectivity index (χ3n) is 3.63. The summed E-state index contributed by atoms with van der Waals surface area (Å²) < 4.78 is 41.4. The fraction of sp³-hybridized carbons (Fsp3) is 0.263. The molecule has 1 saturated heterocycles. The molecule has 1 aliphatic rings. The highest BCUT2D eigenvalue weighted by molar-refractivity contribution is 7.94. The molecular formula is C19H20O5S. The summed E-state index contributed by atoms with van der Waals surface area (Å²) >= 11 is 0. The largest absolute Gasteiger partial charge is 0.457 e. The van der Waals surface area contributed by atoms with E-state index >= 15 is 0 Å². The van der Waals surface area contributed by atoms with Crippen molar-refractivity contribution in [3.8, 4) is 11.5 Å². The van der Waals surface area contributed by atoms with Gasteiger partial charge in [0, 0.05) is 5.41 Å². The van der Waals surface area contributed by atoms with Gasteiger partial charge in [-0.15, -0.1) is 0 Å². The average molecular weight is 360 g/mol. The monoisotopic (exact) mass is 360 g/mol. The molecule has 0 radical (unpaired) electrons. The van der Waals surface area contributed by atoms with Gasteiger partial charge in [0.05, 0.1) is 11.5 Å². The fourth-order valence-corrected chi connectivity index (χ4v) is 3.46. The van der Waals surface area contributed by atoms with E-state index in [2.05, 4.69) is 0 Å². The number of benzene rings is 2. The van der Waals surface area contributed by atoms with Crippen LogP contribution in [0, 0.1) is 0 Å². The smallest absolute Gasteiger partial charge is 0.199 e. The molecule has 0 aliphatic carbocycles. The maximum atomic E-state index is 12.4. The Balaban J connectivity index is 1.68. The summed E-state index contributed by atoms with van der Waals surface area (Å²) in [6.45, 7) is 3.92. The van der Waals surface area contributed by atoms with Crippen LogP contribution in [0.25, 0.3) is 0 Å². The van der Waals surface area contributed by atoms with Crippen LogP contribution in [0.5, 0.6) is 11.5 Å². The van der Waals surface area contributed by atoms with Crippen molar-refractivity contribution in [3.63, 3.8) is 0 Å². The van der Waals surface area contributed by atoms with E-state index in [1.807, 2.05) is 30.3 Å². The first kappa shape index (κ1) is 17.7. The van der Waals surface area contributed by atoms with Gasteiger partial charge in [-0.05, 0) is 56.3 Å². The molecule has 0 saturated carbocycles. The first-order chi connectivity index (χ1) is 11.8. The van der Waals surface area contributed by atoms with E-state index in [1.165, 1.54) is 18.2 Å². The first-order valence-corrected chi connectivity index (χ1v) is 9.47. The van der Waals surface area contributed by atoms with Gasteiger partial charge in [-0.2, -0.15) is 0 Å². The molecule has 0 bridgehead atoms. The summed E-state index contributed by atoms with van der Waals surface area (Å²) in [5, 5.41) is 1.16. The molecule has 1 heterocycles. The minimum atomic E-state index is -3.55. The van der Waals surface area contributed by atoms with Gasteiger partial charge in [0.25, 0.3) is 0 Å². The minimum absolute atomic E-state index is 0.197. The summed E-state index contributed by atoms with van der Waals surface area (Å²) in [5.74, 6) is 0.581. The second-order valence-electron chi connectivity index (χ2n) is 6.13. The lowest BCUT2D eigenvalue weighted by atomic mass is 10.3. The highest BCUT2D eigenvalue weighted by atomic mass is 32.2. The van der Waals surface area contributed by atoms with Crippen molar-refractivity contribution >= 4 is 9.84 Å². The lowest BCUT2D eigenvalue weighted by Gasteiger charge is -2.15. The first-order valence-electron chi connectivity index (χ1n) is 7.92. The Morgan fingerprint density at radius 3 is 2.28 bits per heavy atom. The van der Waals surface area contributed by atoms with E-state index in [-0.39, 0.29) is 11.0 Å². The van der Waals surface area contributed by atoms with E-state index in [4.69, 9.17) is 14.2 Å². The quantitative estimate of drug-likeness (QED) is 0.809. The molecule has 1 aliphatic heterocycles. The van der Waals surface area contributed by atoms with Gasteiger partial charge < -0.3 is 14.2 Å². The Morgan fingerprint density at radius 2 is 1.68 bits per heavy atom. The molecule has 1 fully saturated rings. The highest BCUT2D eigenvalue weighted by Crippen LogP contribution is 2.25. The summed E-state index contributed by atoms with van der Waals surface area (Å²) in [7, 11) is -3.55. The second kappa shape index (κ2) is 7.00. The van der Waals surface area contributed by atoms with Crippen molar-refractivity contribution < 1.29 is 22.6 Å². The summed E-state index contributed by atoms with van der Waals surface area (Å²) in [6, 6.07) is 15.6. The van der Waals surface area contributed by atoms with Gasteiger partial charge in [-0.1, -0.05) is 18.2 Å². The number of ether oxygens (including phenoxy) is 3. The zero-order valence-corrected chi connectivity index (χ0v) is 14.9. The molecule has 6 heteroatoms. The molecule has 2 aromatic carbocycles. The van der Waals surface area contributed by atoms with E-state index in [9.17, 15) is 8.42 Å². The van der Waals surface area contributed by atoms with Crippen molar-refractivity contribution in [2.75, 3.05) is 6.61 Å². The third-order valence-corrected chi connectivity index (χ3v) is 5.08. The van der Waals surface area contributed by atoms with E-state index in [1.54, 1.807) is 26.0 Å². The second-order valence-corrected chi connectivity index (χ2v) is 7.96. The van der Waals surface area contributed by atoms with Gasteiger partial charge in [-0.25, -0.2) is 8.42 Å². The zero-order valence-electron chi connectivity index (χ0n) is 14.1. The van der Waals surface area contributed by atoms with Crippen LogP contribution >= 0.6 is 0 Å². The molecule has 25 heavy (non-hydrogen) atoms. The maximum absolute atomic E-state index is 12.4. The van der Waals surface area contributed by atoms with Gasteiger partial charge in [0.2, 0.25) is 0 Å². The molecule has 0 unspecified atom stereocenters. The molecule has 0 N–H and O–H groups in total. The maximum Gasteiger partial charge on any atom is 0.199 e. The van der Waals surface area contributed by atoms with Crippen LogP contribution < -0.4 is 4.74 Å². The normalized spacial score (nSPS) is 20.0. The van der Waals surface area contributed by atoms with Crippen LogP contribution in [-0.2, 0) is 19.3 Å². The van der Waals surface area contributed by atoms with Crippen molar-refractivity contribution in [2.24, 2.45) is 0 Å². The molecule has 3 rings (SSSR count). The molecule has 0 spiro atoms. The van der Waals surface area contributed by atoms with Crippen molar-refractivity contribution in [3.05, 3.63) is 66.1 Å². The molecule has 5 nitrogen and oxygen atoms in total. The molecule has 1 atom stereocenters. The van der Waals surface area contributed by atoms with E-state index in [0.717, 1.165) is 5.41 Å². The van der Waals surface area contributed by atoms with Gasteiger partial charge in [-0.3, -0.25) is 0 Å². The Kier molecular flexibility index (Phi) is 4.94. The number of hydrogen-bond donors (Lipinski definition) is 0. The SMILES string of the molecule is CC1(C)OC[C@H](/C=C/S(=O)(=O)c2ccc(Oc3ccccc3)cc2)O1. The van der Waals surface area contributed by atoms with Crippen LogP contribution in [-0.4, -0.2) is 26.9 Å². The van der Waals surface area contributed by atoms with E-state index in [0.29, 0.717) is 18.1 Å². The molecule has 2 aromatic rings. The predicted octanol–water partition coefficient (Wildman–Crippen LogP) is 3.92. The molecule has 132 valence electrons. The standard InChI is InChI=1S/C19H20O5S/c1-19(2)22-14-17(24-19)12-13-25(20,21)18-10-8-16(9-11-18)23-15-6-4-3-5-7-15/h3-13,17H,14H2,1-2H3/b13-12+/t17-/m0/s1. The van der Waals surface area contributed by atoms with Crippen molar-refractivity contribution in [2.45, 2.75) is 30.6 Å². The molecule has 0 amide bonds. The summed E-state index contributed by atoms with van der Waals surface area (Å²) in [5.41, 5.74) is 0. The minimum Gasteiger partial charge on any atom is -0.457 e. The van der Waals surface area contributed by atoms with Crippen molar-refractivity contribution in [1.29, 1.82) is 0 Å². The predicted molar refractivity (Wildman–Crippen MR) is 94.2 cm³/mol. The third kappa shape index (κ3) is 4.69.